The summed E-state index contributed by atoms with van der Waals surface area (Å²) in [6.07, 6.45) is 0. The maximum absolute atomic E-state index is 6.56. The molecule has 10 aromatic carbocycles. The minimum Gasteiger partial charge on any atom is -0.454 e. The predicted molar refractivity (Wildman–Crippen MR) is 253 cm³/mol. The van der Waals surface area contributed by atoms with Crippen LogP contribution in [0.5, 0.6) is 0 Å². The molecule has 0 N–H and O–H groups in total. The highest BCUT2D eigenvalue weighted by molar-refractivity contribution is 6.13. The molecule has 0 amide bonds. The zero-order valence-electron chi connectivity index (χ0n) is 33.0. The number of benzene rings is 10. The summed E-state index contributed by atoms with van der Waals surface area (Å²) in [5.74, 6) is 0. The van der Waals surface area contributed by atoms with E-state index in [-0.39, 0.29) is 0 Å². The summed E-state index contributed by atoms with van der Waals surface area (Å²) >= 11 is 0. The Morgan fingerprint density at radius 1 is 0.333 bits per heavy atom. The van der Waals surface area contributed by atoms with Gasteiger partial charge in [0.15, 0.2) is 5.58 Å². The van der Waals surface area contributed by atoms with Crippen LogP contribution in [0.2, 0.25) is 0 Å². The molecule has 0 saturated heterocycles. The Hall–Kier alpha value is -7.88. The third kappa shape index (κ3) is 5.51. The minimum absolute atomic E-state index is 0.881. The molecule has 12 rings (SSSR count). The molecule has 0 fully saturated rings. The second-order valence-electron chi connectivity index (χ2n) is 15.8. The quantitative estimate of drug-likeness (QED) is 0.161. The lowest BCUT2D eigenvalue weighted by Gasteiger charge is -2.29. The van der Waals surface area contributed by atoms with Gasteiger partial charge < -0.3 is 14.2 Å². The number of nitrogens with zero attached hydrogens (tertiary/aromatic N) is 2. The Morgan fingerprint density at radius 2 is 0.850 bits per heavy atom. The maximum atomic E-state index is 6.56. The molecule has 0 radical (unpaired) electrons. The Balaban J connectivity index is 0.942. The smallest absolute Gasteiger partial charge is 0.159 e. The summed E-state index contributed by atoms with van der Waals surface area (Å²) in [7, 11) is 0. The van der Waals surface area contributed by atoms with Crippen LogP contribution in [0.4, 0.5) is 34.1 Å². The molecule has 0 atom stereocenters. The van der Waals surface area contributed by atoms with Gasteiger partial charge in [-0.3, -0.25) is 0 Å². The van der Waals surface area contributed by atoms with Crippen molar-refractivity contribution in [2.75, 3.05) is 9.80 Å². The standard InChI is InChI=1S/C57H38N2O/c1-37-24-25-41(38-14-5-2-6-15-38)36-55(37)59(45-18-9-4-10-19-45)47-29-27-40-33-51-52-34-42-30-46(28-26-39(42)32-50(52)53(51)35-43(40)31-47)58(44-16-7-3-8-17-44)54-22-13-21-49-48-20-11-12-23-56(48)60-57(49)54/h2-36H,1H3. The first-order valence-electron chi connectivity index (χ1n) is 20.6. The summed E-state index contributed by atoms with van der Waals surface area (Å²) in [5.41, 5.74) is 17.2. The molecule has 1 aliphatic carbocycles. The Labute approximate surface area is 348 Å². The lowest BCUT2D eigenvalue weighted by atomic mass is 9.78. The predicted octanol–water partition coefficient (Wildman–Crippen LogP) is 16.5. The third-order valence-corrected chi connectivity index (χ3v) is 12.2. The highest BCUT2D eigenvalue weighted by Gasteiger charge is 2.26. The average Bonchev–Trinajstić information content (AvgIpc) is 3.69. The van der Waals surface area contributed by atoms with Crippen molar-refractivity contribution in [2.45, 2.75) is 6.92 Å². The molecule has 1 heterocycles. The summed E-state index contributed by atoms with van der Waals surface area (Å²) in [6, 6.07) is 76.7. The molecule has 11 aromatic rings. The number of rotatable bonds is 7. The first kappa shape index (κ1) is 34.2. The van der Waals surface area contributed by atoms with Crippen LogP contribution in [0.25, 0.3) is 76.9 Å². The Morgan fingerprint density at radius 3 is 1.47 bits per heavy atom. The molecule has 0 unspecified atom stereocenters. The summed E-state index contributed by atoms with van der Waals surface area (Å²) in [4.78, 5) is 4.72. The molecule has 60 heavy (non-hydrogen) atoms. The van der Waals surface area contributed by atoms with E-state index >= 15 is 0 Å². The van der Waals surface area contributed by atoms with Crippen molar-refractivity contribution in [3.05, 3.63) is 218 Å². The van der Waals surface area contributed by atoms with Crippen molar-refractivity contribution in [3.8, 4) is 33.4 Å². The van der Waals surface area contributed by atoms with Gasteiger partial charge in [-0.1, -0.05) is 121 Å². The molecular weight excluding hydrogens is 729 g/mol. The molecule has 1 aromatic heterocycles. The van der Waals surface area contributed by atoms with Gasteiger partial charge in [-0.05, 0) is 158 Å². The van der Waals surface area contributed by atoms with Gasteiger partial charge in [0.1, 0.15) is 5.58 Å². The normalized spacial score (nSPS) is 11.8. The zero-order chi connectivity index (χ0) is 39.7. The van der Waals surface area contributed by atoms with Crippen molar-refractivity contribution < 1.29 is 4.42 Å². The van der Waals surface area contributed by atoms with Gasteiger partial charge in [0.05, 0.1) is 5.69 Å². The van der Waals surface area contributed by atoms with Gasteiger partial charge in [-0.15, -0.1) is 0 Å². The molecule has 0 aliphatic heterocycles. The van der Waals surface area contributed by atoms with Crippen LogP contribution in [0.15, 0.2) is 217 Å². The fraction of sp³-hybridized carbons (Fsp3) is 0.0175. The number of hydrogen-bond donors (Lipinski definition) is 0. The highest BCUT2D eigenvalue weighted by atomic mass is 16.3. The summed E-state index contributed by atoms with van der Waals surface area (Å²) in [5, 5.41) is 7.12. The van der Waals surface area contributed by atoms with Crippen LogP contribution < -0.4 is 9.80 Å². The summed E-state index contributed by atoms with van der Waals surface area (Å²) < 4.78 is 6.56. The molecule has 0 spiro atoms. The molecule has 3 heteroatoms. The Bertz CT molecular complexity index is 3440. The van der Waals surface area contributed by atoms with Gasteiger partial charge in [-0.25, -0.2) is 0 Å². The van der Waals surface area contributed by atoms with Gasteiger partial charge in [-0.2, -0.15) is 0 Å². The number of para-hydroxylation sites is 4. The van der Waals surface area contributed by atoms with Crippen LogP contribution in [0.1, 0.15) is 5.56 Å². The summed E-state index contributed by atoms with van der Waals surface area (Å²) in [6.45, 7) is 2.20. The molecule has 282 valence electrons. The van der Waals surface area contributed by atoms with Gasteiger partial charge in [0.2, 0.25) is 0 Å². The fourth-order valence-corrected chi connectivity index (χ4v) is 9.25. The first-order chi connectivity index (χ1) is 29.6. The van der Waals surface area contributed by atoms with E-state index in [4.69, 9.17) is 4.42 Å². The SMILES string of the molecule is Cc1ccc(-c2ccccc2)cc1N(c1ccccc1)c1ccc2cc3c(cc2c1)-c1cc2ccc(N(c4ccccc4)c4cccc5c4oc4ccccc45)cc2cc1-3. The fourth-order valence-electron chi connectivity index (χ4n) is 9.25. The first-order valence-corrected chi connectivity index (χ1v) is 20.6. The zero-order valence-corrected chi connectivity index (χ0v) is 33.0. The van der Waals surface area contributed by atoms with Crippen molar-refractivity contribution >= 4 is 77.6 Å². The van der Waals surface area contributed by atoms with Gasteiger partial charge in [0.25, 0.3) is 0 Å². The van der Waals surface area contributed by atoms with Crippen LogP contribution >= 0.6 is 0 Å². The highest BCUT2D eigenvalue weighted by Crippen LogP contribution is 2.52. The number of furan rings is 1. The number of aryl methyl sites for hydroxylation is 1. The van der Waals surface area contributed by atoms with E-state index in [1.165, 1.54) is 66.2 Å². The Kier molecular flexibility index (Phi) is 7.76. The van der Waals surface area contributed by atoms with Crippen LogP contribution in [-0.4, -0.2) is 0 Å². The minimum atomic E-state index is 0.881. The van der Waals surface area contributed by atoms with Crippen LogP contribution in [0.3, 0.4) is 0 Å². The topological polar surface area (TPSA) is 19.6 Å². The van der Waals surface area contributed by atoms with E-state index in [1.54, 1.807) is 0 Å². The second-order valence-corrected chi connectivity index (χ2v) is 15.8. The number of hydrogen-bond acceptors (Lipinski definition) is 3. The van der Waals surface area contributed by atoms with E-state index in [0.29, 0.717) is 0 Å². The van der Waals surface area contributed by atoms with E-state index in [2.05, 4.69) is 217 Å². The largest absolute Gasteiger partial charge is 0.454 e. The van der Waals surface area contributed by atoms with E-state index in [0.717, 1.165) is 50.4 Å². The second kappa shape index (κ2) is 13.6. The van der Waals surface area contributed by atoms with Crippen molar-refractivity contribution in [3.63, 3.8) is 0 Å². The van der Waals surface area contributed by atoms with Crippen LogP contribution in [-0.2, 0) is 0 Å². The van der Waals surface area contributed by atoms with Crippen molar-refractivity contribution in [1.29, 1.82) is 0 Å². The van der Waals surface area contributed by atoms with E-state index in [9.17, 15) is 0 Å². The molecule has 3 nitrogen and oxygen atoms in total. The van der Waals surface area contributed by atoms with Gasteiger partial charge >= 0.3 is 0 Å². The lowest BCUT2D eigenvalue weighted by molar-refractivity contribution is 0.669. The molecular formula is C57H38N2O. The molecule has 1 aliphatic rings. The van der Waals surface area contributed by atoms with E-state index in [1.807, 2.05) is 12.1 Å². The number of anilines is 6. The number of fused-ring (bicyclic) bond motifs is 9. The average molecular weight is 767 g/mol. The molecule has 0 saturated carbocycles. The lowest BCUT2D eigenvalue weighted by Crippen LogP contribution is -2.11. The monoisotopic (exact) mass is 766 g/mol. The van der Waals surface area contributed by atoms with Gasteiger partial charge in [0, 0.05) is 39.2 Å². The van der Waals surface area contributed by atoms with E-state index < -0.39 is 0 Å². The van der Waals surface area contributed by atoms with Crippen molar-refractivity contribution in [2.24, 2.45) is 0 Å². The van der Waals surface area contributed by atoms with Crippen LogP contribution in [0, 0.1) is 6.92 Å². The molecule has 0 bridgehead atoms. The third-order valence-electron chi connectivity index (χ3n) is 12.2. The van der Waals surface area contributed by atoms with Crippen molar-refractivity contribution in [1.82, 2.24) is 0 Å². The maximum Gasteiger partial charge on any atom is 0.159 e.